The molecule has 0 fully saturated rings. The first-order chi connectivity index (χ1) is 9.06. The Morgan fingerprint density at radius 1 is 1.42 bits per heavy atom. The van der Waals surface area contributed by atoms with Gasteiger partial charge in [0.1, 0.15) is 0 Å². The van der Waals surface area contributed by atoms with Crippen molar-refractivity contribution >= 4 is 17.4 Å². The summed E-state index contributed by atoms with van der Waals surface area (Å²) in [6.45, 7) is 2.70. The van der Waals surface area contributed by atoms with Gasteiger partial charge in [0, 0.05) is 36.2 Å². The molecule has 2 amide bonds. The number of aryl methyl sites for hydroxylation is 1. The van der Waals surface area contributed by atoms with Crippen molar-refractivity contribution in [2.24, 2.45) is 12.8 Å². The predicted molar refractivity (Wildman–Crippen MR) is 74.9 cm³/mol. The van der Waals surface area contributed by atoms with Gasteiger partial charge in [0.15, 0.2) is 0 Å². The summed E-state index contributed by atoms with van der Waals surface area (Å²) < 4.78 is 1.84. The lowest BCUT2D eigenvalue weighted by Crippen LogP contribution is -2.19. The third-order valence-electron chi connectivity index (χ3n) is 2.95. The molecule has 2 rings (SSSR count). The molecule has 0 spiro atoms. The van der Waals surface area contributed by atoms with Crippen molar-refractivity contribution in [2.75, 3.05) is 10.6 Å². The Balaban J connectivity index is 2.03. The van der Waals surface area contributed by atoms with Gasteiger partial charge >= 0.3 is 6.03 Å². The van der Waals surface area contributed by atoms with Crippen LogP contribution in [0.3, 0.4) is 0 Å². The van der Waals surface area contributed by atoms with Crippen LogP contribution < -0.4 is 16.4 Å². The van der Waals surface area contributed by atoms with Gasteiger partial charge in [0.25, 0.3) is 0 Å². The monoisotopic (exact) mass is 259 g/mol. The van der Waals surface area contributed by atoms with E-state index in [1.807, 2.05) is 43.0 Å². The van der Waals surface area contributed by atoms with E-state index in [2.05, 4.69) is 15.7 Å². The molecule has 0 aliphatic carbocycles. The molecule has 0 saturated heterocycles. The zero-order chi connectivity index (χ0) is 13.8. The molecule has 0 atom stereocenters. The quantitative estimate of drug-likeness (QED) is 0.783. The van der Waals surface area contributed by atoms with Crippen LogP contribution in [-0.2, 0) is 13.6 Å². The number of rotatable bonds is 4. The second-order valence-corrected chi connectivity index (χ2v) is 4.30. The van der Waals surface area contributed by atoms with Crippen LogP contribution in [0.15, 0.2) is 30.5 Å². The molecular formula is C13H17N5O. The highest BCUT2D eigenvalue weighted by Gasteiger charge is 2.03. The highest BCUT2D eigenvalue weighted by atomic mass is 16.2. The number of anilines is 2. The minimum Gasteiger partial charge on any atom is -0.381 e. The summed E-state index contributed by atoms with van der Waals surface area (Å²) in [5.41, 5.74) is 8.92. The van der Waals surface area contributed by atoms with Crippen LogP contribution in [0.4, 0.5) is 16.2 Å². The van der Waals surface area contributed by atoms with Crippen LogP contribution >= 0.6 is 0 Å². The normalized spacial score (nSPS) is 10.2. The number of carbonyl (C=O) groups excluding carboxylic acids is 1. The molecule has 6 heteroatoms. The van der Waals surface area contributed by atoms with Crippen LogP contribution in [0.25, 0.3) is 0 Å². The van der Waals surface area contributed by atoms with E-state index < -0.39 is 6.03 Å². The number of hydrogen-bond donors (Lipinski definition) is 3. The molecule has 2 aromatic rings. The summed E-state index contributed by atoms with van der Waals surface area (Å²) in [6, 6.07) is 6.82. The Hall–Kier alpha value is -2.50. The number of primary amides is 1. The first kappa shape index (κ1) is 12.9. The summed E-state index contributed by atoms with van der Waals surface area (Å²) in [4.78, 5) is 10.8. The first-order valence-corrected chi connectivity index (χ1v) is 5.94. The molecule has 0 bridgehead atoms. The number of nitrogens with zero attached hydrogens (tertiary/aromatic N) is 2. The molecule has 19 heavy (non-hydrogen) atoms. The van der Waals surface area contributed by atoms with Crippen molar-refractivity contribution < 1.29 is 4.79 Å². The lowest BCUT2D eigenvalue weighted by atomic mass is 10.2. The highest BCUT2D eigenvalue weighted by molar-refractivity contribution is 5.88. The molecule has 0 radical (unpaired) electrons. The number of nitrogens with one attached hydrogen (secondary N) is 2. The van der Waals surface area contributed by atoms with Crippen LogP contribution in [0, 0.1) is 6.92 Å². The zero-order valence-corrected chi connectivity index (χ0v) is 11.0. The topological polar surface area (TPSA) is 85.0 Å². The molecule has 0 aliphatic heterocycles. The Morgan fingerprint density at radius 3 is 2.79 bits per heavy atom. The number of benzene rings is 1. The Labute approximate surface area is 111 Å². The van der Waals surface area contributed by atoms with Gasteiger partial charge in [0.05, 0.1) is 6.20 Å². The predicted octanol–water partition coefficient (Wildman–Crippen LogP) is 1.83. The lowest BCUT2D eigenvalue weighted by Gasteiger charge is -2.08. The van der Waals surface area contributed by atoms with E-state index in [4.69, 9.17) is 5.73 Å². The van der Waals surface area contributed by atoms with Gasteiger partial charge in [-0.25, -0.2) is 4.79 Å². The van der Waals surface area contributed by atoms with E-state index in [9.17, 15) is 4.79 Å². The standard InChI is InChI=1S/C13H17N5O/c1-9-10(8-16-18(9)2)7-15-11-4-3-5-12(6-11)17-13(14)19/h3-6,8,15H,7H2,1-2H3,(H3,14,17,19). The summed E-state index contributed by atoms with van der Waals surface area (Å²) in [5, 5.41) is 10.0. The molecule has 4 N–H and O–H groups in total. The SMILES string of the molecule is Cc1c(CNc2cccc(NC(N)=O)c2)cnn1C. The van der Waals surface area contributed by atoms with E-state index in [-0.39, 0.29) is 0 Å². The molecule has 1 aromatic carbocycles. The minimum absolute atomic E-state index is 0.569. The molecule has 0 saturated carbocycles. The van der Waals surface area contributed by atoms with E-state index >= 15 is 0 Å². The van der Waals surface area contributed by atoms with Crippen LogP contribution in [-0.4, -0.2) is 15.8 Å². The van der Waals surface area contributed by atoms with Crippen LogP contribution in [0.1, 0.15) is 11.3 Å². The van der Waals surface area contributed by atoms with Crippen molar-refractivity contribution in [3.8, 4) is 0 Å². The average Bonchev–Trinajstić information content (AvgIpc) is 2.67. The van der Waals surface area contributed by atoms with Gasteiger partial charge in [0.2, 0.25) is 0 Å². The number of amides is 2. The van der Waals surface area contributed by atoms with Crippen LogP contribution in [0.5, 0.6) is 0 Å². The van der Waals surface area contributed by atoms with Gasteiger partial charge < -0.3 is 16.4 Å². The number of urea groups is 1. The van der Waals surface area contributed by atoms with E-state index in [0.29, 0.717) is 12.2 Å². The second kappa shape index (κ2) is 5.43. The van der Waals surface area contributed by atoms with Crippen molar-refractivity contribution in [3.63, 3.8) is 0 Å². The lowest BCUT2D eigenvalue weighted by molar-refractivity contribution is 0.259. The van der Waals surface area contributed by atoms with Crippen molar-refractivity contribution in [1.29, 1.82) is 0 Å². The number of nitrogens with two attached hydrogens (primary N) is 1. The Bertz CT molecular complexity index is 590. The molecular weight excluding hydrogens is 242 g/mol. The number of hydrogen-bond acceptors (Lipinski definition) is 3. The fourth-order valence-corrected chi connectivity index (χ4v) is 1.76. The zero-order valence-electron chi connectivity index (χ0n) is 11.0. The molecule has 6 nitrogen and oxygen atoms in total. The van der Waals surface area contributed by atoms with Crippen LogP contribution in [0.2, 0.25) is 0 Å². The van der Waals surface area contributed by atoms with Gasteiger partial charge in [-0.1, -0.05) is 6.07 Å². The first-order valence-electron chi connectivity index (χ1n) is 5.94. The second-order valence-electron chi connectivity index (χ2n) is 4.30. The smallest absolute Gasteiger partial charge is 0.316 e. The summed E-state index contributed by atoms with van der Waals surface area (Å²) in [6.07, 6.45) is 1.84. The molecule has 0 unspecified atom stereocenters. The van der Waals surface area contributed by atoms with E-state index in [1.165, 1.54) is 0 Å². The molecule has 100 valence electrons. The van der Waals surface area contributed by atoms with Crippen molar-refractivity contribution in [3.05, 3.63) is 41.7 Å². The summed E-state index contributed by atoms with van der Waals surface area (Å²) in [5.74, 6) is 0. The average molecular weight is 259 g/mol. The molecule has 0 aliphatic rings. The maximum Gasteiger partial charge on any atom is 0.316 e. The number of carbonyl (C=O) groups is 1. The number of aromatic nitrogens is 2. The van der Waals surface area contributed by atoms with Gasteiger partial charge in [-0.2, -0.15) is 5.10 Å². The van der Waals surface area contributed by atoms with Crippen molar-refractivity contribution in [1.82, 2.24) is 9.78 Å². The van der Waals surface area contributed by atoms with Gasteiger partial charge in [-0.05, 0) is 25.1 Å². The highest BCUT2D eigenvalue weighted by Crippen LogP contribution is 2.16. The summed E-state index contributed by atoms with van der Waals surface area (Å²) >= 11 is 0. The van der Waals surface area contributed by atoms with E-state index in [1.54, 1.807) is 6.07 Å². The molecule has 1 heterocycles. The maximum atomic E-state index is 10.8. The van der Waals surface area contributed by atoms with Gasteiger partial charge in [-0.15, -0.1) is 0 Å². The fraction of sp³-hybridized carbons (Fsp3) is 0.231. The van der Waals surface area contributed by atoms with Crippen molar-refractivity contribution in [2.45, 2.75) is 13.5 Å². The Morgan fingerprint density at radius 2 is 2.16 bits per heavy atom. The minimum atomic E-state index is -0.569. The van der Waals surface area contributed by atoms with E-state index in [0.717, 1.165) is 16.9 Å². The third-order valence-corrected chi connectivity index (χ3v) is 2.95. The maximum absolute atomic E-state index is 10.8. The summed E-state index contributed by atoms with van der Waals surface area (Å²) in [7, 11) is 1.91. The Kier molecular flexibility index (Phi) is 3.70. The largest absolute Gasteiger partial charge is 0.381 e. The molecule has 1 aromatic heterocycles. The fourth-order valence-electron chi connectivity index (χ4n) is 1.76. The van der Waals surface area contributed by atoms with Gasteiger partial charge in [-0.3, -0.25) is 4.68 Å². The third kappa shape index (κ3) is 3.25.